The molecule has 7 heteroatoms. The minimum absolute atomic E-state index is 0.0358. The highest BCUT2D eigenvalue weighted by Gasteiger charge is 2.26. The van der Waals surface area contributed by atoms with Crippen molar-refractivity contribution in [3.63, 3.8) is 0 Å². The molecule has 1 amide bonds. The predicted octanol–water partition coefficient (Wildman–Crippen LogP) is 1.51. The highest BCUT2D eigenvalue weighted by Crippen LogP contribution is 2.18. The van der Waals surface area contributed by atoms with Gasteiger partial charge in [0.25, 0.3) is 5.91 Å². The molecule has 1 aliphatic heterocycles. The van der Waals surface area contributed by atoms with Gasteiger partial charge >= 0.3 is 0 Å². The van der Waals surface area contributed by atoms with Crippen LogP contribution in [0.1, 0.15) is 34.8 Å². The fraction of sp³-hybridized carbons (Fsp3) is 0.500. The topological polar surface area (TPSA) is 75.4 Å². The maximum Gasteiger partial charge on any atom is 0.274 e. The lowest BCUT2D eigenvalue weighted by Crippen LogP contribution is -2.45. The van der Waals surface area contributed by atoms with Crippen molar-refractivity contribution in [2.45, 2.75) is 32.4 Å². The van der Waals surface area contributed by atoms with Crippen molar-refractivity contribution in [1.29, 1.82) is 0 Å². The van der Waals surface area contributed by atoms with Crippen LogP contribution in [0.4, 0.5) is 0 Å². The number of nitrogens with zero attached hydrogens (tertiary/aromatic N) is 5. The van der Waals surface area contributed by atoms with E-state index in [0.29, 0.717) is 11.7 Å². The van der Waals surface area contributed by atoms with Gasteiger partial charge in [0.2, 0.25) is 0 Å². The van der Waals surface area contributed by atoms with E-state index in [4.69, 9.17) is 4.52 Å². The summed E-state index contributed by atoms with van der Waals surface area (Å²) in [4.78, 5) is 24.5. The second-order valence-electron chi connectivity index (χ2n) is 5.96. The molecule has 7 nitrogen and oxygen atoms in total. The van der Waals surface area contributed by atoms with Gasteiger partial charge in [-0.05, 0) is 26.8 Å². The van der Waals surface area contributed by atoms with E-state index in [-0.39, 0.29) is 5.91 Å². The number of piperidine rings is 1. The summed E-state index contributed by atoms with van der Waals surface area (Å²) in [6.07, 6.45) is 6.53. The molecule has 3 heterocycles. The summed E-state index contributed by atoms with van der Waals surface area (Å²) >= 11 is 0. The van der Waals surface area contributed by atoms with Crippen LogP contribution in [0.2, 0.25) is 0 Å². The monoisotopic (exact) mass is 315 g/mol. The highest BCUT2D eigenvalue weighted by molar-refractivity contribution is 5.92. The third kappa shape index (κ3) is 3.73. The SMILES string of the molecule is Cc1cc(CN(C)C2CCN(C(=O)c3cnccn3)CC2)no1. The summed E-state index contributed by atoms with van der Waals surface area (Å²) in [6.45, 7) is 4.14. The maximum atomic E-state index is 12.4. The van der Waals surface area contributed by atoms with Crippen LogP contribution in [-0.2, 0) is 6.54 Å². The fourth-order valence-electron chi connectivity index (χ4n) is 2.96. The van der Waals surface area contributed by atoms with E-state index >= 15 is 0 Å². The predicted molar refractivity (Wildman–Crippen MR) is 83.7 cm³/mol. The smallest absolute Gasteiger partial charge is 0.274 e. The van der Waals surface area contributed by atoms with Crippen molar-refractivity contribution in [2.75, 3.05) is 20.1 Å². The van der Waals surface area contributed by atoms with Crippen LogP contribution in [0.5, 0.6) is 0 Å². The average Bonchev–Trinajstić information content (AvgIpc) is 3.00. The number of rotatable bonds is 4. The van der Waals surface area contributed by atoms with Crippen molar-refractivity contribution in [3.8, 4) is 0 Å². The molecule has 0 spiro atoms. The first kappa shape index (κ1) is 15.6. The largest absolute Gasteiger partial charge is 0.361 e. The second-order valence-corrected chi connectivity index (χ2v) is 5.96. The Labute approximate surface area is 135 Å². The Hall–Kier alpha value is -2.28. The Balaban J connectivity index is 1.53. The Morgan fingerprint density at radius 3 is 2.78 bits per heavy atom. The molecule has 0 unspecified atom stereocenters. The number of likely N-dealkylation sites (tertiary alicyclic amines) is 1. The molecule has 122 valence electrons. The molecule has 2 aromatic heterocycles. The zero-order chi connectivity index (χ0) is 16.2. The summed E-state index contributed by atoms with van der Waals surface area (Å²) in [5.41, 5.74) is 1.36. The number of hydrogen-bond acceptors (Lipinski definition) is 6. The summed E-state index contributed by atoms with van der Waals surface area (Å²) in [5, 5.41) is 4.04. The fourth-order valence-corrected chi connectivity index (χ4v) is 2.96. The lowest BCUT2D eigenvalue weighted by atomic mass is 10.0. The Kier molecular flexibility index (Phi) is 4.66. The summed E-state index contributed by atoms with van der Waals surface area (Å²) in [5.74, 6) is 0.795. The molecule has 3 rings (SSSR count). The standard InChI is InChI=1S/C16H21N5O2/c1-12-9-13(19-23-12)11-20(2)14-3-7-21(8-4-14)16(22)15-10-17-5-6-18-15/h5-6,9-10,14H,3-4,7-8,11H2,1-2H3. The highest BCUT2D eigenvalue weighted by atomic mass is 16.5. The van der Waals surface area contributed by atoms with Crippen molar-refractivity contribution in [3.05, 3.63) is 41.8 Å². The van der Waals surface area contributed by atoms with E-state index in [1.54, 1.807) is 12.4 Å². The first-order chi connectivity index (χ1) is 11.1. The number of hydrogen-bond donors (Lipinski definition) is 0. The second kappa shape index (κ2) is 6.87. The van der Waals surface area contributed by atoms with Crippen molar-refractivity contribution >= 4 is 5.91 Å². The van der Waals surface area contributed by atoms with Gasteiger partial charge in [0.1, 0.15) is 11.5 Å². The molecule has 0 N–H and O–H groups in total. The number of carbonyl (C=O) groups is 1. The Bertz CT molecular complexity index is 650. The summed E-state index contributed by atoms with van der Waals surface area (Å²) in [6, 6.07) is 2.40. The van der Waals surface area contributed by atoms with Gasteiger partial charge in [0, 0.05) is 44.1 Å². The number of aryl methyl sites for hydroxylation is 1. The van der Waals surface area contributed by atoms with Gasteiger partial charge in [-0.3, -0.25) is 14.7 Å². The van der Waals surface area contributed by atoms with E-state index < -0.39 is 0 Å². The molecule has 1 fully saturated rings. The van der Waals surface area contributed by atoms with Gasteiger partial charge in [-0.2, -0.15) is 0 Å². The number of aromatic nitrogens is 3. The molecule has 23 heavy (non-hydrogen) atoms. The quantitative estimate of drug-likeness (QED) is 0.851. The van der Waals surface area contributed by atoms with Crippen LogP contribution < -0.4 is 0 Å². The molecule has 0 aromatic carbocycles. The van der Waals surface area contributed by atoms with E-state index in [1.165, 1.54) is 6.20 Å². The third-order valence-electron chi connectivity index (χ3n) is 4.25. The van der Waals surface area contributed by atoms with Gasteiger partial charge in [0.05, 0.1) is 11.9 Å². The number of carbonyl (C=O) groups excluding carboxylic acids is 1. The Morgan fingerprint density at radius 2 is 2.17 bits per heavy atom. The van der Waals surface area contributed by atoms with Crippen LogP contribution in [0.3, 0.4) is 0 Å². The molecule has 0 atom stereocenters. The molecule has 0 radical (unpaired) electrons. The molecule has 0 aliphatic carbocycles. The van der Waals surface area contributed by atoms with Gasteiger partial charge in [-0.1, -0.05) is 5.16 Å². The van der Waals surface area contributed by atoms with Gasteiger partial charge in [0.15, 0.2) is 0 Å². The summed E-state index contributed by atoms with van der Waals surface area (Å²) in [7, 11) is 2.09. The molecule has 2 aromatic rings. The van der Waals surface area contributed by atoms with E-state index in [2.05, 4.69) is 27.1 Å². The van der Waals surface area contributed by atoms with Crippen LogP contribution in [0.15, 0.2) is 29.2 Å². The number of amides is 1. The van der Waals surface area contributed by atoms with E-state index in [0.717, 1.165) is 43.9 Å². The van der Waals surface area contributed by atoms with Crippen LogP contribution in [0, 0.1) is 6.92 Å². The van der Waals surface area contributed by atoms with Gasteiger partial charge in [-0.25, -0.2) is 4.98 Å². The first-order valence-electron chi connectivity index (χ1n) is 7.81. The van der Waals surface area contributed by atoms with Crippen molar-refractivity contribution in [1.82, 2.24) is 24.9 Å². The van der Waals surface area contributed by atoms with Crippen LogP contribution in [-0.4, -0.2) is 57.0 Å². The van der Waals surface area contributed by atoms with Gasteiger partial charge < -0.3 is 9.42 Å². The molecule has 0 bridgehead atoms. The maximum absolute atomic E-state index is 12.4. The third-order valence-corrected chi connectivity index (χ3v) is 4.25. The molecular formula is C16H21N5O2. The van der Waals surface area contributed by atoms with Crippen LogP contribution in [0.25, 0.3) is 0 Å². The normalized spacial score (nSPS) is 16.0. The minimum Gasteiger partial charge on any atom is -0.361 e. The lowest BCUT2D eigenvalue weighted by molar-refractivity contribution is 0.0631. The lowest BCUT2D eigenvalue weighted by Gasteiger charge is -2.36. The van der Waals surface area contributed by atoms with Gasteiger partial charge in [-0.15, -0.1) is 0 Å². The molecule has 0 saturated carbocycles. The first-order valence-corrected chi connectivity index (χ1v) is 7.81. The average molecular weight is 315 g/mol. The zero-order valence-electron chi connectivity index (χ0n) is 13.5. The molecule has 1 aliphatic rings. The van der Waals surface area contributed by atoms with Crippen molar-refractivity contribution < 1.29 is 9.32 Å². The van der Waals surface area contributed by atoms with Crippen molar-refractivity contribution in [2.24, 2.45) is 0 Å². The zero-order valence-corrected chi connectivity index (χ0v) is 13.5. The van der Waals surface area contributed by atoms with E-state index in [1.807, 2.05) is 17.9 Å². The summed E-state index contributed by atoms with van der Waals surface area (Å²) < 4.78 is 5.11. The molecular weight excluding hydrogens is 294 g/mol. The van der Waals surface area contributed by atoms with E-state index in [9.17, 15) is 4.79 Å². The molecule has 1 saturated heterocycles. The minimum atomic E-state index is -0.0358. The Morgan fingerprint density at radius 1 is 1.39 bits per heavy atom. The van der Waals surface area contributed by atoms with Crippen LogP contribution >= 0.6 is 0 Å².